The molecule has 0 radical (unpaired) electrons. The number of halogens is 5. The molecule has 0 aliphatic rings. The van der Waals surface area contributed by atoms with Gasteiger partial charge in [-0.15, -0.1) is 0 Å². The number of nitrogens with one attached hydrogen (secondary N) is 2. The Morgan fingerprint density at radius 1 is 1.08 bits per heavy atom. The molecule has 0 saturated carbocycles. The lowest BCUT2D eigenvalue weighted by atomic mass is 10.3. The van der Waals surface area contributed by atoms with Crippen molar-refractivity contribution in [3.05, 3.63) is 41.6 Å². The highest BCUT2D eigenvalue weighted by Gasteiger charge is 2.33. The van der Waals surface area contributed by atoms with E-state index in [1.807, 2.05) is 19.0 Å². The standard InChI is InChI=1S/C16H18F5N5/c1-26(2)7-3-6-22-15-24-13(16(19,20)21)9-14(25-15)23-12-8-10(17)4-5-11(12)18/h4-5,8-9H,3,6-7H2,1-2H3,(H2,22,23,24,25). The predicted molar refractivity (Wildman–Crippen MR) is 88.3 cm³/mol. The molecule has 0 fully saturated rings. The van der Waals surface area contributed by atoms with Crippen LogP contribution in [-0.4, -0.2) is 42.1 Å². The van der Waals surface area contributed by atoms with Gasteiger partial charge in [0.15, 0.2) is 5.69 Å². The van der Waals surface area contributed by atoms with E-state index in [0.717, 1.165) is 24.7 Å². The number of aromatic nitrogens is 2. The summed E-state index contributed by atoms with van der Waals surface area (Å²) in [6.07, 6.45) is -4.05. The van der Waals surface area contributed by atoms with Gasteiger partial charge in [-0.1, -0.05) is 0 Å². The number of anilines is 3. The summed E-state index contributed by atoms with van der Waals surface area (Å²) in [6, 6.07) is 3.23. The van der Waals surface area contributed by atoms with E-state index in [9.17, 15) is 22.0 Å². The SMILES string of the molecule is CN(C)CCCNc1nc(Nc2cc(F)ccc2F)cc(C(F)(F)F)n1. The molecule has 0 saturated heterocycles. The van der Waals surface area contributed by atoms with Crippen molar-refractivity contribution in [2.45, 2.75) is 12.6 Å². The third-order valence-corrected chi connectivity index (χ3v) is 3.27. The number of hydrogen-bond donors (Lipinski definition) is 2. The largest absolute Gasteiger partial charge is 0.433 e. The molecular formula is C16H18F5N5. The lowest BCUT2D eigenvalue weighted by Gasteiger charge is -2.14. The molecule has 2 N–H and O–H groups in total. The van der Waals surface area contributed by atoms with Crippen molar-refractivity contribution in [3.63, 3.8) is 0 Å². The Bertz CT molecular complexity index is 748. The Morgan fingerprint density at radius 3 is 2.46 bits per heavy atom. The fourth-order valence-electron chi connectivity index (χ4n) is 2.06. The van der Waals surface area contributed by atoms with E-state index in [4.69, 9.17) is 0 Å². The average molecular weight is 375 g/mol. The maximum atomic E-state index is 13.7. The van der Waals surface area contributed by atoms with E-state index in [2.05, 4.69) is 20.6 Å². The summed E-state index contributed by atoms with van der Waals surface area (Å²) in [5.41, 5.74) is -1.52. The second kappa shape index (κ2) is 8.26. The van der Waals surface area contributed by atoms with Crippen LogP contribution in [0.4, 0.5) is 39.4 Å². The van der Waals surface area contributed by atoms with Crippen LogP contribution in [0.2, 0.25) is 0 Å². The first-order valence-electron chi connectivity index (χ1n) is 7.72. The maximum Gasteiger partial charge on any atom is 0.433 e. The Labute approximate surface area is 147 Å². The molecule has 10 heteroatoms. The second-order valence-corrected chi connectivity index (χ2v) is 5.79. The van der Waals surface area contributed by atoms with Crippen LogP contribution in [0.5, 0.6) is 0 Å². The molecule has 142 valence electrons. The van der Waals surface area contributed by atoms with Crippen molar-refractivity contribution in [1.29, 1.82) is 0 Å². The Morgan fingerprint density at radius 2 is 1.81 bits per heavy atom. The summed E-state index contributed by atoms with van der Waals surface area (Å²) < 4.78 is 66.0. The van der Waals surface area contributed by atoms with Gasteiger partial charge in [-0.25, -0.2) is 13.8 Å². The van der Waals surface area contributed by atoms with E-state index in [1.54, 1.807) is 0 Å². The number of alkyl halides is 3. The first-order chi connectivity index (χ1) is 12.1. The maximum absolute atomic E-state index is 13.7. The van der Waals surface area contributed by atoms with Crippen molar-refractivity contribution in [3.8, 4) is 0 Å². The summed E-state index contributed by atoms with van der Waals surface area (Å²) in [6.45, 7) is 1.08. The molecule has 0 amide bonds. The summed E-state index contributed by atoms with van der Waals surface area (Å²) in [5.74, 6) is -2.11. The minimum atomic E-state index is -4.71. The van der Waals surface area contributed by atoms with Crippen molar-refractivity contribution in [2.75, 3.05) is 37.8 Å². The summed E-state index contributed by atoms with van der Waals surface area (Å²) >= 11 is 0. The van der Waals surface area contributed by atoms with E-state index in [-0.39, 0.29) is 17.5 Å². The van der Waals surface area contributed by atoms with Crippen LogP contribution < -0.4 is 10.6 Å². The van der Waals surface area contributed by atoms with Crippen molar-refractivity contribution in [1.82, 2.24) is 14.9 Å². The van der Waals surface area contributed by atoms with Gasteiger partial charge in [-0.2, -0.15) is 18.2 Å². The monoisotopic (exact) mass is 375 g/mol. The van der Waals surface area contributed by atoms with Gasteiger partial charge >= 0.3 is 6.18 Å². The molecule has 0 aliphatic carbocycles. The summed E-state index contributed by atoms with van der Waals surface area (Å²) in [7, 11) is 3.74. The van der Waals surface area contributed by atoms with Crippen molar-refractivity contribution in [2.24, 2.45) is 0 Å². The first kappa shape index (κ1) is 19.8. The fraction of sp³-hybridized carbons (Fsp3) is 0.375. The molecule has 2 aromatic rings. The van der Waals surface area contributed by atoms with E-state index in [1.165, 1.54) is 0 Å². The highest BCUT2D eigenvalue weighted by molar-refractivity contribution is 5.58. The van der Waals surface area contributed by atoms with Crippen LogP contribution in [-0.2, 0) is 6.18 Å². The van der Waals surface area contributed by atoms with Crippen LogP contribution in [0.25, 0.3) is 0 Å². The molecular weight excluding hydrogens is 357 g/mol. The normalized spacial score (nSPS) is 11.7. The molecule has 0 spiro atoms. The van der Waals surface area contributed by atoms with Gasteiger partial charge in [-0.05, 0) is 39.2 Å². The zero-order chi connectivity index (χ0) is 19.3. The topological polar surface area (TPSA) is 53.1 Å². The van der Waals surface area contributed by atoms with Crippen LogP contribution in [0.15, 0.2) is 24.3 Å². The van der Waals surface area contributed by atoms with Crippen molar-refractivity contribution >= 4 is 17.5 Å². The van der Waals surface area contributed by atoms with Gasteiger partial charge in [0.1, 0.15) is 17.5 Å². The predicted octanol–water partition coefficient (Wildman–Crippen LogP) is 3.88. The van der Waals surface area contributed by atoms with Gasteiger partial charge in [0.05, 0.1) is 5.69 Å². The highest BCUT2D eigenvalue weighted by atomic mass is 19.4. The van der Waals surface area contributed by atoms with Crippen LogP contribution >= 0.6 is 0 Å². The average Bonchev–Trinajstić information content (AvgIpc) is 2.54. The third-order valence-electron chi connectivity index (χ3n) is 3.27. The smallest absolute Gasteiger partial charge is 0.354 e. The zero-order valence-electron chi connectivity index (χ0n) is 14.2. The van der Waals surface area contributed by atoms with E-state index in [0.29, 0.717) is 19.0 Å². The molecule has 0 bridgehead atoms. The zero-order valence-corrected chi connectivity index (χ0v) is 14.2. The van der Waals surface area contributed by atoms with E-state index < -0.39 is 23.5 Å². The molecule has 1 aromatic carbocycles. The number of rotatable bonds is 7. The Hall–Kier alpha value is -2.49. The van der Waals surface area contributed by atoms with Gasteiger partial charge in [0.25, 0.3) is 0 Å². The molecule has 1 heterocycles. The quantitative estimate of drug-likeness (QED) is 0.568. The fourth-order valence-corrected chi connectivity index (χ4v) is 2.06. The van der Waals surface area contributed by atoms with Gasteiger partial charge < -0.3 is 15.5 Å². The number of hydrogen-bond acceptors (Lipinski definition) is 5. The molecule has 1 aromatic heterocycles. The number of benzene rings is 1. The highest BCUT2D eigenvalue weighted by Crippen LogP contribution is 2.30. The molecule has 0 atom stereocenters. The Kier molecular flexibility index (Phi) is 6.30. The molecule has 2 rings (SSSR count). The molecule has 0 unspecified atom stereocenters. The van der Waals surface area contributed by atoms with Crippen LogP contribution in [0.1, 0.15) is 12.1 Å². The van der Waals surface area contributed by atoms with Gasteiger partial charge in [0.2, 0.25) is 5.95 Å². The minimum Gasteiger partial charge on any atom is -0.354 e. The van der Waals surface area contributed by atoms with Crippen LogP contribution in [0.3, 0.4) is 0 Å². The third kappa shape index (κ3) is 5.80. The Balaban J connectivity index is 2.24. The number of nitrogens with zero attached hydrogens (tertiary/aromatic N) is 3. The minimum absolute atomic E-state index is 0.252. The molecule has 26 heavy (non-hydrogen) atoms. The van der Waals surface area contributed by atoms with Gasteiger partial charge in [-0.3, -0.25) is 0 Å². The lowest BCUT2D eigenvalue weighted by Crippen LogP contribution is -2.18. The lowest BCUT2D eigenvalue weighted by molar-refractivity contribution is -0.141. The van der Waals surface area contributed by atoms with Crippen molar-refractivity contribution < 1.29 is 22.0 Å². The second-order valence-electron chi connectivity index (χ2n) is 5.79. The molecule has 0 aliphatic heterocycles. The van der Waals surface area contributed by atoms with Crippen LogP contribution in [0, 0.1) is 11.6 Å². The van der Waals surface area contributed by atoms with E-state index >= 15 is 0 Å². The summed E-state index contributed by atoms with van der Waals surface area (Å²) in [4.78, 5) is 9.25. The summed E-state index contributed by atoms with van der Waals surface area (Å²) in [5, 5.41) is 5.07. The van der Waals surface area contributed by atoms with Gasteiger partial charge in [0, 0.05) is 18.7 Å². The molecule has 5 nitrogen and oxygen atoms in total. The first-order valence-corrected chi connectivity index (χ1v) is 7.72.